The van der Waals surface area contributed by atoms with E-state index < -0.39 is 0 Å². The van der Waals surface area contributed by atoms with Crippen LogP contribution in [0.5, 0.6) is 0 Å². The van der Waals surface area contributed by atoms with Gasteiger partial charge in [-0.15, -0.1) is 0 Å². The van der Waals surface area contributed by atoms with E-state index in [9.17, 15) is 9.59 Å². The number of Topliss-reactive ketones (excluding diaryl/α,β-unsaturated/α-hetero) is 1. The van der Waals surface area contributed by atoms with Crippen molar-refractivity contribution < 1.29 is 9.59 Å². The monoisotopic (exact) mass is 272 g/mol. The van der Waals surface area contributed by atoms with Gasteiger partial charge in [-0.1, -0.05) is 6.58 Å². The van der Waals surface area contributed by atoms with Gasteiger partial charge in [-0.25, -0.2) is 0 Å². The maximum absolute atomic E-state index is 11.5. The third kappa shape index (κ3) is 2.95. The van der Waals surface area contributed by atoms with Crippen LogP contribution in [0.25, 0.3) is 0 Å². The second-order valence-electron chi connectivity index (χ2n) is 5.23. The molecule has 0 radical (unpaired) electrons. The normalized spacial score (nSPS) is 16.0. The van der Waals surface area contributed by atoms with E-state index in [0.717, 1.165) is 37.3 Å². The van der Waals surface area contributed by atoms with E-state index in [1.807, 2.05) is 24.0 Å². The Morgan fingerprint density at radius 3 is 2.50 bits per heavy atom. The van der Waals surface area contributed by atoms with Crippen LogP contribution in [0.2, 0.25) is 0 Å². The fourth-order valence-corrected chi connectivity index (χ4v) is 2.70. The average molecular weight is 272 g/mol. The van der Waals surface area contributed by atoms with Gasteiger partial charge < -0.3 is 4.90 Å². The van der Waals surface area contributed by atoms with Crippen LogP contribution in [0.3, 0.4) is 0 Å². The highest BCUT2D eigenvalue weighted by molar-refractivity contribution is 5.95. The van der Waals surface area contributed by atoms with Gasteiger partial charge in [-0.05, 0) is 44.9 Å². The van der Waals surface area contributed by atoms with Crippen LogP contribution in [-0.4, -0.2) is 34.7 Å². The number of nitrogens with zero attached hydrogens (tertiary/aromatic N) is 2. The summed E-state index contributed by atoms with van der Waals surface area (Å²) < 4.78 is 0. The summed E-state index contributed by atoms with van der Waals surface area (Å²) in [5, 5.41) is 0. The Morgan fingerprint density at radius 2 is 2.00 bits per heavy atom. The van der Waals surface area contributed by atoms with E-state index in [1.54, 1.807) is 6.92 Å². The smallest absolute Gasteiger partial charge is 0.245 e. The lowest BCUT2D eigenvalue weighted by Crippen LogP contribution is -2.37. The largest absolute Gasteiger partial charge is 0.339 e. The highest BCUT2D eigenvalue weighted by Gasteiger charge is 2.23. The Morgan fingerprint density at radius 1 is 1.35 bits per heavy atom. The molecule has 1 aliphatic rings. The zero-order chi connectivity index (χ0) is 14.7. The maximum Gasteiger partial charge on any atom is 0.245 e. The average Bonchev–Trinajstić information content (AvgIpc) is 2.46. The number of amides is 1. The number of rotatable bonds is 3. The predicted octanol–water partition coefficient (Wildman–Crippen LogP) is 2.48. The quantitative estimate of drug-likeness (QED) is 0.627. The van der Waals surface area contributed by atoms with Crippen molar-refractivity contribution in [3.8, 4) is 0 Å². The lowest BCUT2D eigenvalue weighted by atomic mass is 9.92. The molecule has 0 N–H and O–H groups in total. The molecular weight excluding hydrogens is 252 g/mol. The van der Waals surface area contributed by atoms with Crippen molar-refractivity contribution in [2.24, 2.45) is 0 Å². The van der Waals surface area contributed by atoms with Gasteiger partial charge in [0.1, 0.15) is 0 Å². The summed E-state index contributed by atoms with van der Waals surface area (Å²) in [6.07, 6.45) is 3.18. The molecule has 0 bridgehead atoms. The van der Waals surface area contributed by atoms with Crippen molar-refractivity contribution in [3.05, 3.63) is 41.7 Å². The summed E-state index contributed by atoms with van der Waals surface area (Å²) in [4.78, 5) is 29.3. The predicted molar refractivity (Wildman–Crippen MR) is 77.7 cm³/mol. The number of carbonyl (C=O) groups excluding carboxylic acids is 2. The van der Waals surface area contributed by atoms with Crippen LogP contribution >= 0.6 is 0 Å². The number of aryl methyl sites for hydroxylation is 1. The first kappa shape index (κ1) is 14.4. The molecule has 1 aromatic rings. The minimum Gasteiger partial charge on any atom is -0.339 e. The van der Waals surface area contributed by atoms with Crippen molar-refractivity contribution in [1.29, 1.82) is 0 Å². The van der Waals surface area contributed by atoms with E-state index >= 15 is 0 Å². The minimum absolute atomic E-state index is 0.000447. The molecule has 0 aliphatic carbocycles. The lowest BCUT2D eigenvalue weighted by Gasteiger charge is -2.31. The fourth-order valence-electron chi connectivity index (χ4n) is 2.70. The first-order valence-electron chi connectivity index (χ1n) is 6.92. The van der Waals surface area contributed by atoms with Crippen LogP contribution in [0.4, 0.5) is 0 Å². The van der Waals surface area contributed by atoms with Crippen LogP contribution in [-0.2, 0) is 4.79 Å². The van der Waals surface area contributed by atoms with Crippen LogP contribution < -0.4 is 0 Å². The molecule has 1 aromatic heterocycles. The maximum atomic E-state index is 11.5. The van der Waals surface area contributed by atoms with Crippen molar-refractivity contribution in [1.82, 2.24) is 9.88 Å². The van der Waals surface area contributed by atoms with Crippen molar-refractivity contribution in [2.45, 2.75) is 32.6 Å². The Balaban J connectivity index is 2.07. The van der Waals surface area contributed by atoms with Crippen LogP contribution in [0, 0.1) is 6.92 Å². The molecule has 4 nitrogen and oxygen atoms in total. The molecular formula is C16H20N2O2. The molecule has 20 heavy (non-hydrogen) atoms. The first-order valence-corrected chi connectivity index (χ1v) is 6.92. The summed E-state index contributed by atoms with van der Waals surface area (Å²) in [5.74, 6) is 0.413. The van der Waals surface area contributed by atoms with Gasteiger partial charge in [0.05, 0.1) is 0 Å². The number of hydrogen-bond acceptors (Lipinski definition) is 3. The van der Waals surface area contributed by atoms with Gasteiger partial charge in [0, 0.05) is 36.0 Å². The van der Waals surface area contributed by atoms with Gasteiger partial charge in [-0.3, -0.25) is 14.6 Å². The summed E-state index contributed by atoms with van der Waals surface area (Å²) in [6, 6.07) is 3.81. The summed E-state index contributed by atoms with van der Waals surface area (Å²) in [7, 11) is 0. The third-order valence-electron chi connectivity index (χ3n) is 3.89. The molecule has 1 saturated heterocycles. The lowest BCUT2D eigenvalue weighted by molar-refractivity contribution is -0.127. The van der Waals surface area contributed by atoms with E-state index in [0.29, 0.717) is 11.5 Å². The summed E-state index contributed by atoms with van der Waals surface area (Å²) in [5.41, 5.74) is 2.51. The fraction of sp³-hybridized carbons (Fsp3) is 0.438. The minimum atomic E-state index is -0.000447. The Bertz CT molecular complexity index is 543. The van der Waals surface area contributed by atoms with Gasteiger partial charge in [-0.2, -0.15) is 0 Å². The van der Waals surface area contributed by atoms with Crippen molar-refractivity contribution in [2.75, 3.05) is 13.1 Å². The molecule has 4 heteroatoms. The molecule has 1 aliphatic heterocycles. The van der Waals surface area contributed by atoms with Crippen molar-refractivity contribution in [3.63, 3.8) is 0 Å². The summed E-state index contributed by atoms with van der Waals surface area (Å²) in [6.45, 7) is 8.43. The highest BCUT2D eigenvalue weighted by Crippen LogP contribution is 2.27. The molecule has 1 amide bonds. The Labute approximate surface area is 119 Å². The highest BCUT2D eigenvalue weighted by atomic mass is 16.2. The second-order valence-corrected chi connectivity index (χ2v) is 5.23. The van der Waals surface area contributed by atoms with E-state index in [4.69, 9.17) is 0 Å². The second kappa shape index (κ2) is 5.99. The van der Waals surface area contributed by atoms with E-state index in [-0.39, 0.29) is 11.7 Å². The number of hydrogen-bond donors (Lipinski definition) is 0. The van der Waals surface area contributed by atoms with Gasteiger partial charge in [0.2, 0.25) is 5.91 Å². The number of carbonyl (C=O) groups is 2. The topological polar surface area (TPSA) is 50.3 Å². The molecule has 0 atom stereocenters. The van der Waals surface area contributed by atoms with E-state index in [1.165, 1.54) is 6.08 Å². The number of ketones is 1. The third-order valence-corrected chi connectivity index (χ3v) is 3.89. The van der Waals surface area contributed by atoms with Gasteiger partial charge in [0.15, 0.2) is 5.78 Å². The molecule has 0 saturated carbocycles. The zero-order valence-electron chi connectivity index (χ0n) is 12.1. The van der Waals surface area contributed by atoms with Gasteiger partial charge >= 0.3 is 0 Å². The molecule has 0 spiro atoms. The molecule has 0 unspecified atom stereocenters. The zero-order valence-corrected chi connectivity index (χ0v) is 12.1. The molecule has 1 fully saturated rings. The molecule has 2 heterocycles. The van der Waals surface area contributed by atoms with Crippen LogP contribution in [0.15, 0.2) is 24.8 Å². The Hall–Kier alpha value is -1.97. The van der Waals surface area contributed by atoms with E-state index in [2.05, 4.69) is 11.6 Å². The van der Waals surface area contributed by atoms with Crippen LogP contribution in [0.1, 0.15) is 47.4 Å². The number of pyridine rings is 1. The number of likely N-dealkylation sites (tertiary alicyclic amines) is 1. The Kier molecular flexibility index (Phi) is 4.32. The molecule has 0 aromatic carbocycles. The molecule has 106 valence electrons. The van der Waals surface area contributed by atoms with Gasteiger partial charge in [0.25, 0.3) is 0 Å². The molecule has 2 rings (SSSR count). The number of aromatic nitrogens is 1. The summed E-state index contributed by atoms with van der Waals surface area (Å²) >= 11 is 0. The van der Waals surface area contributed by atoms with Crippen molar-refractivity contribution >= 4 is 11.7 Å². The standard InChI is InChI=1S/C16H20N2O2/c1-4-16(20)18-9-7-13(8-10-18)15-6-5-14(12(3)19)11(2)17-15/h4-6,13H,1,7-10H2,2-3H3. The SMILES string of the molecule is C=CC(=O)N1CCC(c2ccc(C(C)=O)c(C)n2)CC1. The first-order chi connectivity index (χ1) is 9.52. The number of piperidine rings is 1.